The predicted molar refractivity (Wildman–Crippen MR) is 86.7 cm³/mol. The van der Waals surface area contributed by atoms with Gasteiger partial charge in [0.05, 0.1) is 4.92 Å². The summed E-state index contributed by atoms with van der Waals surface area (Å²) in [6.07, 6.45) is 11.6. The van der Waals surface area contributed by atoms with Crippen LogP contribution in [0, 0.1) is 17.0 Å². The number of nitrogens with zero attached hydrogens (tertiary/aromatic N) is 2. The number of aromatic nitrogens is 1. The summed E-state index contributed by atoms with van der Waals surface area (Å²) >= 11 is 0. The molecule has 0 radical (unpaired) electrons. The van der Waals surface area contributed by atoms with Crippen LogP contribution in [-0.4, -0.2) is 16.5 Å². The van der Waals surface area contributed by atoms with Crippen LogP contribution in [0.4, 0.5) is 11.5 Å². The van der Waals surface area contributed by atoms with Crippen molar-refractivity contribution in [1.82, 2.24) is 4.98 Å². The summed E-state index contributed by atoms with van der Waals surface area (Å²) < 4.78 is 0. The van der Waals surface area contributed by atoms with Gasteiger partial charge in [-0.05, 0) is 19.4 Å². The molecule has 0 unspecified atom stereocenters. The molecule has 0 bridgehead atoms. The Kier molecular flexibility index (Phi) is 8.40. The van der Waals surface area contributed by atoms with Gasteiger partial charge in [-0.1, -0.05) is 51.9 Å². The third-order valence-corrected chi connectivity index (χ3v) is 3.63. The highest BCUT2D eigenvalue weighted by Gasteiger charge is 2.17. The largest absolute Gasteiger partial charge is 0.364 e. The van der Waals surface area contributed by atoms with E-state index in [1.54, 1.807) is 19.2 Å². The standard InChI is InChI=1S/C16H27N3O2/c1-3-4-5-6-7-8-9-10-12-17-16-15(19(20)21)14(2)11-13-18-16/h11,13H,3-10,12H2,1-2H3,(H,17,18). The molecular weight excluding hydrogens is 266 g/mol. The number of unbranched alkanes of at least 4 members (excludes halogenated alkanes) is 7. The second-order valence-electron chi connectivity index (χ2n) is 5.48. The SMILES string of the molecule is CCCCCCCCCCNc1nccc(C)c1[N+](=O)[O-]. The van der Waals surface area contributed by atoms with Gasteiger partial charge in [0, 0.05) is 18.3 Å². The van der Waals surface area contributed by atoms with Crippen LogP contribution in [0.3, 0.4) is 0 Å². The van der Waals surface area contributed by atoms with E-state index in [1.807, 2.05) is 0 Å². The van der Waals surface area contributed by atoms with Crippen molar-refractivity contribution in [3.8, 4) is 0 Å². The van der Waals surface area contributed by atoms with E-state index in [0.717, 1.165) is 13.0 Å². The molecule has 5 nitrogen and oxygen atoms in total. The van der Waals surface area contributed by atoms with Gasteiger partial charge in [0.25, 0.3) is 0 Å². The summed E-state index contributed by atoms with van der Waals surface area (Å²) in [6, 6.07) is 1.67. The van der Waals surface area contributed by atoms with E-state index in [0.29, 0.717) is 11.4 Å². The van der Waals surface area contributed by atoms with Crippen molar-refractivity contribution in [2.75, 3.05) is 11.9 Å². The molecule has 1 heterocycles. The fraction of sp³-hybridized carbons (Fsp3) is 0.688. The molecule has 1 aromatic heterocycles. The lowest BCUT2D eigenvalue weighted by Gasteiger charge is -2.07. The Morgan fingerprint density at radius 3 is 2.38 bits per heavy atom. The van der Waals surface area contributed by atoms with Crippen molar-refractivity contribution in [1.29, 1.82) is 0 Å². The first-order valence-corrected chi connectivity index (χ1v) is 8.00. The fourth-order valence-electron chi connectivity index (χ4n) is 2.38. The zero-order valence-electron chi connectivity index (χ0n) is 13.2. The number of hydrogen-bond acceptors (Lipinski definition) is 4. The molecule has 1 N–H and O–H groups in total. The first-order valence-electron chi connectivity index (χ1n) is 8.00. The van der Waals surface area contributed by atoms with Gasteiger partial charge >= 0.3 is 5.69 Å². The van der Waals surface area contributed by atoms with Crippen LogP contribution in [0.15, 0.2) is 12.3 Å². The molecular formula is C16H27N3O2. The van der Waals surface area contributed by atoms with E-state index in [1.165, 1.54) is 44.9 Å². The van der Waals surface area contributed by atoms with Gasteiger partial charge in [-0.3, -0.25) is 10.1 Å². The molecule has 0 saturated carbocycles. The Morgan fingerprint density at radius 2 is 1.76 bits per heavy atom. The normalized spacial score (nSPS) is 10.6. The Hall–Kier alpha value is -1.65. The highest BCUT2D eigenvalue weighted by atomic mass is 16.6. The summed E-state index contributed by atoms with van der Waals surface area (Å²) in [5, 5.41) is 14.1. The lowest BCUT2D eigenvalue weighted by atomic mass is 10.1. The zero-order valence-corrected chi connectivity index (χ0v) is 13.2. The van der Waals surface area contributed by atoms with Crippen molar-refractivity contribution in [3.63, 3.8) is 0 Å². The van der Waals surface area contributed by atoms with Gasteiger partial charge in [0.1, 0.15) is 0 Å². The number of rotatable bonds is 11. The number of pyridine rings is 1. The van der Waals surface area contributed by atoms with Gasteiger partial charge in [0.15, 0.2) is 0 Å². The molecule has 1 rings (SSSR count). The molecule has 0 spiro atoms. The van der Waals surface area contributed by atoms with Crippen molar-refractivity contribution in [3.05, 3.63) is 27.9 Å². The first kappa shape index (κ1) is 17.4. The minimum atomic E-state index is -0.363. The maximum atomic E-state index is 11.0. The van der Waals surface area contributed by atoms with Crippen LogP contribution < -0.4 is 5.32 Å². The Balaban J connectivity index is 2.21. The number of aryl methyl sites for hydroxylation is 1. The fourth-order valence-corrected chi connectivity index (χ4v) is 2.38. The lowest BCUT2D eigenvalue weighted by Crippen LogP contribution is -2.07. The van der Waals surface area contributed by atoms with Crippen molar-refractivity contribution >= 4 is 11.5 Å². The molecule has 21 heavy (non-hydrogen) atoms. The van der Waals surface area contributed by atoms with Gasteiger partial charge in [-0.25, -0.2) is 4.98 Å². The van der Waals surface area contributed by atoms with Crippen LogP contribution in [0.5, 0.6) is 0 Å². The third-order valence-electron chi connectivity index (χ3n) is 3.63. The molecule has 0 aromatic carbocycles. The predicted octanol–water partition coefficient (Wildman–Crippen LogP) is 4.85. The Bertz CT molecular complexity index is 436. The molecule has 0 amide bonds. The first-order chi connectivity index (χ1) is 10.2. The maximum absolute atomic E-state index is 11.0. The number of hydrogen-bond donors (Lipinski definition) is 1. The van der Waals surface area contributed by atoms with E-state index in [4.69, 9.17) is 0 Å². The zero-order chi connectivity index (χ0) is 15.5. The summed E-state index contributed by atoms with van der Waals surface area (Å²) in [6.45, 7) is 4.71. The van der Waals surface area contributed by atoms with Crippen LogP contribution >= 0.6 is 0 Å². The minimum absolute atomic E-state index is 0.0945. The lowest BCUT2D eigenvalue weighted by molar-refractivity contribution is -0.384. The molecule has 1 aromatic rings. The number of nitro groups is 1. The van der Waals surface area contributed by atoms with Crippen molar-refractivity contribution in [2.24, 2.45) is 0 Å². The topological polar surface area (TPSA) is 68.1 Å². The monoisotopic (exact) mass is 293 g/mol. The number of nitrogens with one attached hydrogen (secondary N) is 1. The van der Waals surface area contributed by atoms with E-state index >= 15 is 0 Å². The highest BCUT2D eigenvalue weighted by Crippen LogP contribution is 2.25. The highest BCUT2D eigenvalue weighted by molar-refractivity contribution is 5.59. The summed E-state index contributed by atoms with van der Waals surface area (Å²) in [4.78, 5) is 14.7. The van der Waals surface area contributed by atoms with E-state index < -0.39 is 0 Å². The van der Waals surface area contributed by atoms with Gasteiger partial charge in [-0.2, -0.15) is 0 Å². The molecule has 0 atom stereocenters. The Morgan fingerprint density at radius 1 is 1.14 bits per heavy atom. The second kappa shape index (κ2) is 10.1. The maximum Gasteiger partial charge on any atom is 0.314 e. The van der Waals surface area contributed by atoms with Crippen LogP contribution in [0.1, 0.15) is 63.9 Å². The minimum Gasteiger partial charge on any atom is -0.364 e. The molecule has 5 heteroatoms. The van der Waals surface area contributed by atoms with E-state index in [9.17, 15) is 10.1 Å². The van der Waals surface area contributed by atoms with Gasteiger partial charge in [-0.15, -0.1) is 0 Å². The third kappa shape index (κ3) is 6.56. The molecule has 0 fully saturated rings. The summed E-state index contributed by atoms with van der Waals surface area (Å²) in [5.74, 6) is 0.392. The van der Waals surface area contributed by atoms with E-state index in [2.05, 4.69) is 17.2 Å². The quantitative estimate of drug-likeness (QED) is 0.360. The van der Waals surface area contributed by atoms with Crippen LogP contribution in [-0.2, 0) is 0 Å². The molecule has 0 aliphatic rings. The average molecular weight is 293 g/mol. The molecule has 0 aliphatic heterocycles. The number of anilines is 1. The van der Waals surface area contributed by atoms with Crippen LogP contribution in [0.25, 0.3) is 0 Å². The second-order valence-corrected chi connectivity index (χ2v) is 5.48. The van der Waals surface area contributed by atoms with Gasteiger partial charge in [0.2, 0.25) is 5.82 Å². The van der Waals surface area contributed by atoms with Gasteiger partial charge < -0.3 is 5.32 Å². The Labute approximate surface area is 127 Å². The smallest absolute Gasteiger partial charge is 0.314 e. The van der Waals surface area contributed by atoms with Crippen molar-refractivity contribution in [2.45, 2.75) is 65.2 Å². The summed E-state index contributed by atoms with van der Waals surface area (Å²) in [7, 11) is 0. The summed E-state index contributed by atoms with van der Waals surface area (Å²) in [5.41, 5.74) is 0.741. The molecule has 118 valence electrons. The molecule has 0 aliphatic carbocycles. The van der Waals surface area contributed by atoms with Crippen molar-refractivity contribution < 1.29 is 4.92 Å². The van der Waals surface area contributed by atoms with Crippen LogP contribution in [0.2, 0.25) is 0 Å². The van der Waals surface area contributed by atoms with E-state index in [-0.39, 0.29) is 10.6 Å². The average Bonchev–Trinajstić information content (AvgIpc) is 2.45. The molecule has 0 saturated heterocycles.